The molecule has 1 aliphatic rings. The van der Waals surface area contributed by atoms with Gasteiger partial charge in [0.05, 0.1) is 0 Å². The van der Waals surface area contributed by atoms with Gasteiger partial charge in [-0.1, -0.05) is 59.3 Å². The van der Waals surface area contributed by atoms with Crippen molar-refractivity contribution in [2.24, 2.45) is 11.3 Å². The van der Waals surface area contributed by atoms with Crippen LogP contribution in [0.3, 0.4) is 0 Å². The summed E-state index contributed by atoms with van der Waals surface area (Å²) in [5, 5.41) is 0. The molecule has 0 nitrogen and oxygen atoms in total. The van der Waals surface area contributed by atoms with Crippen LogP contribution in [0.15, 0.2) is 0 Å². The highest BCUT2D eigenvalue weighted by Gasteiger charge is 2.30. The summed E-state index contributed by atoms with van der Waals surface area (Å²) >= 11 is 0. The molecule has 0 unspecified atom stereocenters. The van der Waals surface area contributed by atoms with Gasteiger partial charge in [0, 0.05) is 0 Å². The zero-order valence-corrected chi connectivity index (χ0v) is 9.73. The summed E-state index contributed by atoms with van der Waals surface area (Å²) in [4.78, 5) is 0. The number of rotatable bonds is 3. The topological polar surface area (TPSA) is 0 Å². The fraction of sp³-hybridized carbons (Fsp3) is 1.00. The second-order valence-corrected chi connectivity index (χ2v) is 5.05. The van der Waals surface area contributed by atoms with Gasteiger partial charge >= 0.3 is 0 Å². The SMILES string of the molecule is CCC(C)(CC)C1CCCCCC1. The molecule has 0 amide bonds. The summed E-state index contributed by atoms with van der Waals surface area (Å²) in [7, 11) is 0. The van der Waals surface area contributed by atoms with Gasteiger partial charge in [-0.2, -0.15) is 0 Å². The maximum absolute atomic E-state index is 2.50. The molecule has 78 valence electrons. The average Bonchev–Trinajstić information content (AvgIpc) is 2.45. The zero-order chi connectivity index (χ0) is 9.73. The van der Waals surface area contributed by atoms with Gasteiger partial charge in [-0.25, -0.2) is 0 Å². The fourth-order valence-electron chi connectivity index (χ4n) is 2.80. The largest absolute Gasteiger partial charge is 0.0649 e. The molecular formula is C13H26. The molecule has 1 fully saturated rings. The fourth-order valence-corrected chi connectivity index (χ4v) is 2.80. The monoisotopic (exact) mass is 182 g/mol. The van der Waals surface area contributed by atoms with Gasteiger partial charge in [0.2, 0.25) is 0 Å². The van der Waals surface area contributed by atoms with Crippen LogP contribution in [0, 0.1) is 11.3 Å². The van der Waals surface area contributed by atoms with E-state index in [1.54, 1.807) is 0 Å². The van der Waals surface area contributed by atoms with Crippen LogP contribution < -0.4 is 0 Å². The highest BCUT2D eigenvalue weighted by atomic mass is 14.4. The first-order valence-electron chi connectivity index (χ1n) is 6.23. The Kier molecular flexibility index (Phi) is 4.28. The van der Waals surface area contributed by atoms with Gasteiger partial charge in [-0.05, 0) is 24.2 Å². The first-order chi connectivity index (χ1) is 6.23. The predicted octanol–water partition coefficient (Wildman–Crippen LogP) is 4.78. The van der Waals surface area contributed by atoms with Crippen molar-refractivity contribution in [2.75, 3.05) is 0 Å². The van der Waals surface area contributed by atoms with Crippen molar-refractivity contribution in [1.82, 2.24) is 0 Å². The van der Waals surface area contributed by atoms with Gasteiger partial charge in [-0.3, -0.25) is 0 Å². The minimum atomic E-state index is 0.643. The first kappa shape index (κ1) is 11.1. The van der Waals surface area contributed by atoms with E-state index in [-0.39, 0.29) is 0 Å². The molecule has 0 bridgehead atoms. The standard InChI is InChI=1S/C13H26/c1-4-13(3,5-2)12-10-8-6-7-9-11-12/h12H,4-11H2,1-3H3. The van der Waals surface area contributed by atoms with Crippen LogP contribution in [0.5, 0.6) is 0 Å². The summed E-state index contributed by atoms with van der Waals surface area (Å²) in [6.45, 7) is 7.24. The molecule has 1 aliphatic carbocycles. The predicted molar refractivity (Wildman–Crippen MR) is 59.9 cm³/mol. The van der Waals surface area contributed by atoms with Crippen molar-refractivity contribution in [2.45, 2.75) is 72.1 Å². The molecule has 0 atom stereocenters. The lowest BCUT2D eigenvalue weighted by Gasteiger charge is -2.36. The Morgan fingerprint density at radius 2 is 1.38 bits per heavy atom. The molecule has 0 aliphatic heterocycles. The van der Waals surface area contributed by atoms with Crippen molar-refractivity contribution < 1.29 is 0 Å². The van der Waals surface area contributed by atoms with Gasteiger partial charge < -0.3 is 0 Å². The summed E-state index contributed by atoms with van der Waals surface area (Å²) < 4.78 is 0. The van der Waals surface area contributed by atoms with Crippen LogP contribution >= 0.6 is 0 Å². The lowest BCUT2D eigenvalue weighted by atomic mass is 9.70. The maximum Gasteiger partial charge on any atom is -0.0303 e. The highest BCUT2D eigenvalue weighted by Crippen LogP contribution is 2.42. The highest BCUT2D eigenvalue weighted by molar-refractivity contribution is 4.81. The average molecular weight is 182 g/mol. The van der Waals surface area contributed by atoms with Gasteiger partial charge in [0.25, 0.3) is 0 Å². The lowest BCUT2D eigenvalue weighted by Crippen LogP contribution is -2.25. The van der Waals surface area contributed by atoms with E-state index in [9.17, 15) is 0 Å². The summed E-state index contributed by atoms with van der Waals surface area (Å²) in [5.74, 6) is 1.02. The van der Waals surface area contributed by atoms with Crippen LogP contribution in [0.1, 0.15) is 72.1 Å². The van der Waals surface area contributed by atoms with Crippen LogP contribution in [-0.4, -0.2) is 0 Å². The molecule has 0 N–H and O–H groups in total. The maximum atomic E-state index is 2.50. The van der Waals surface area contributed by atoms with Crippen LogP contribution in [0.2, 0.25) is 0 Å². The minimum Gasteiger partial charge on any atom is -0.0649 e. The molecule has 13 heavy (non-hydrogen) atoms. The molecule has 0 heteroatoms. The molecule has 1 saturated carbocycles. The normalized spacial score (nSPS) is 21.5. The van der Waals surface area contributed by atoms with E-state index >= 15 is 0 Å². The van der Waals surface area contributed by atoms with Crippen molar-refractivity contribution in [1.29, 1.82) is 0 Å². The third-order valence-electron chi connectivity index (χ3n) is 4.46. The van der Waals surface area contributed by atoms with E-state index in [0.717, 1.165) is 5.92 Å². The second-order valence-electron chi connectivity index (χ2n) is 5.05. The molecule has 0 aromatic rings. The van der Waals surface area contributed by atoms with Crippen LogP contribution in [0.4, 0.5) is 0 Å². The molecule has 0 heterocycles. The van der Waals surface area contributed by atoms with E-state index < -0.39 is 0 Å². The summed E-state index contributed by atoms with van der Waals surface area (Å²) in [5.41, 5.74) is 0.643. The molecular weight excluding hydrogens is 156 g/mol. The van der Waals surface area contributed by atoms with E-state index in [0.29, 0.717) is 5.41 Å². The molecule has 0 spiro atoms. The smallest absolute Gasteiger partial charge is 0.0303 e. The molecule has 0 saturated heterocycles. The zero-order valence-electron chi connectivity index (χ0n) is 9.73. The summed E-state index contributed by atoms with van der Waals surface area (Å²) in [6, 6.07) is 0. The summed E-state index contributed by atoms with van der Waals surface area (Å²) in [6.07, 6.45) is 11.7. The van der Waals surface area contributed by atoms with Crippen molar-refractivity contribution >= 4 is 0 Å². The van der Waals surface area contributed by atoms with E-state index in [1.165, 1.54) is 51.4 Å². The van der Waals surface area contributed by atoms with E-state index in [4.69, 9.17) is 0 Å². The third-order valence-corrected chi connectivity index (χ3v) is 4.46. The van der Waals surface area contributed by atoms with E-state index in [2.05, 4.69) is 20.8 Å². The molecule has 0 radical (unpaired) electrons. The van der Waals surface area contributed by atoms with Gasteiger partial charge in [0.15, 0.2) is 0 Å². The molecule has 0 aromatic carbocycles. The van der Waals surface area contributed by atoms with Crippen molar-refractivity contribution in [3.63, 3.8) is 0 Å². The second kappa shape index (κ2) is 5.02. The Labute approximate surface area is 84.1 Å². The Hall–Kier alpha value is 0. The van der Waals surface area contributed by atoms with Crippen LogP contribution in [0.25, 0.3) is 0 Å². The van der Waals surface area contributed by atoms with E-state index in [1.807, 2.05) is 0 Å². The number of hydrogen-bond donors (Lipinski definition) is 0. The number of hydrogen-bond acceptors (Lipinski definition) is 0. The quantitative estimate of drug-likeness (QED) is 0.551. The Bertz CT molecular complexity index is 125. The van der Waals surface area contributed by atoms with Crippen LogP contribution in [-0.2, 0) is 0 Å². The van der Waals surface area contributed by atoms with Crippen molar-refractivity contribution in [3.05, 3.63) is 0 Å². The Morgan fingerprint density at radius 3 is 1.77 bits per heavy atom. The molecule has 1 rings (SSSR count). The van der Waals surface area contributed by atoms with Crippen molar-refractivity contribution in [3.8, 4) is 0 Å². The molecule has 0 aromatic heterocycles. The third kappa shape index (κ3) is 2.72. The first-order valence-corrected chi connectivity index (χ1v) is 6.23. The lowest BCUT2D eigenvalue weighted by molar-refractivity contribution is 0.150. The Morgan fingerprint density at radius 1 is 0.923 bits per heavy atom. The van der Waals surface area contributed by atoms with Gasteiger partial charge in [0.1, 0.15) is 0 Å². The minimum absolute atomic E-state index is 0.643. The Balaban J connectivity index is 2.55. The van der Waals surface area contributed by atoms with Gasteiger partial charge in [-0.15, -0.1) is 0 Å².